The third-order valence-electron chi connectivity index (χ3n) is 5.48. The number of pyridine rings is 1. The van der Waals surface area contributed by atoms with E-state index >= 15 is 0 Å². The van der Waals surface area contributed by atoms with Crippen LogP contribution in [0.15, 0.2) is 36.8 Å². The molecule has 1 aliphatic rings. The summed E-state index contributed by atoms with van der Waals surface area (Å²) < 4.78 is 13.1. The van der Waals surface area contributed by atoms with Gasteiger partial charge in [0.15, 0.2) is 11.4 Å². The number of carbonyl (C=O) groups excluding carboxylic acids is 1. The van der Waals surface area contributed by atoms with E-state index in [9.17, 15) is 4.79 Å². The lowest BCUT2D eigenvalue weighted by Gasteiger charge is -2.15. The van der Waals surface area contributed by atoms with Crippen molar-refractivity contribution in [3.8, 4) is 11.8 Å². The second kappa shape index (κ2) is 8.79. The molecule has 0 spiro atoms. The first-order valence-corrected chi connectivity index (χ1v) is 11.2. The van der Waals surface area contributed by atoms with Gasteiger partial charge in [0.1, 0.15) is 0 Å². The summed E-state index contributed by atoms with van der Waals surface area (Å²) in [6.07, 6.45) is 7.62. The summed E-state index contributed by atoms with van der Waals surface area (Å²) in [5.74, 6) is 0.343. The van der Waals surface area contributed by atoms with Crippen LogP contribution in [0.4, 0.5) is 11.4 Å². The summed E-state index contributed by atoms with van der Waals surface area (Å²) in [5.41, 5.74) is 9.75. The zero-order valence-electron chi connectivity index (χ0n) is 19.3. The first-order chi connectivity index (χ1) is 16.4. The van der Waals surface area contributed by atoms with Gasteiger partial charge in [-0.2, -0.15) is 4.98 Å². The van der Waals surface area contributed by atoms with Crippen LogP contribution in [-0.4, -0.2) is 51.1 Å². The quantitative estimate of drug-likeness (QED) is 0.365. The highest BCUT2D eigenvalue weighted by Gasteiger charge is 2.25. The van der Waals surface area contributed by atoms with Crippen LogP contribution in [0.2, 0.25) is 0 Å². The molecule has 0 saturated heterocycles. The Morgan fingerprint density at radius 2 is 2.12 bits per heavy atom. The minimum Gasteiger partial charge on any atom is -0.486 e. The summed E-state index contributed by atoms with van der Waals surface area (Å²) >= 11 is 0. The van der Waals surface area contributed by atoms with E-state index in [1.54, 1.807) is 12.3 Å². The number of imidazole rings is 1. The molecule has 1 aromatic carbocycles. The summed E-state index contributed by atoms with van der Waals surface area (Å²) in [6.45, 7) is 4.41. The fourth-order valence-corrected chi connectivity index (χ4v) is 3.72. The Morgan fingerprint density at radius 3 is 2.85 bits per heavy atom. The van der Waals surface area contributed by atoms with E-state index in [2.05, 4.69) is 25.6 Å². The number of nitrogens with zero attached hydrogens (tertiary/aromatic N) is 4. The molecule has 4 aromatic rings. The van der Waals surface area contributed by atoms with E-state index < -0.39 is 0 Å². The number of hydrogen-bond donors (Lipinski definition) is 3. The largest absolute Gasteiger partial charge is 0.486 e. The first kappa shape index (κ1) is 21.9. The molecule has 1 atom stereocenters. The minimum absolute atomic E-state index is 0.0361. The number of hydrogen-bond acceptors (Lipinski definition) is 8. The number of amides is 1. The smallest absolute Gasteiger partial charge is 0.316 e. The molecule has 0 bridgehead atoms. The maximum Gasteiger partial charge on any atom is 0.316 e. The van der Waals surface area contributed by atoms with Crippen molar-refractivity contribution in [2.75, 3.05) is 24.3 Å². The number of methoxy groups -OCH3 is 1. The van der Waals surface area contributed by atoms with E-state index in [0.29, 0.717) is 34.4 Å². The third-order valence-corrected chi connectivity index (χ3v) is 5.48. The molecule has 4 N–H and O–H groups in total. The lowest BCUT2D eigenvalue weighted by Crippen LogP contribution is -2.25. The Morgan fingerprint density at radius 1 is 1.29 bits per heavy atom. The summed E-state index contributed by atoms with van der Waals surface area (Å²) in [7, 11) is 1.49. The number of rotatable bonds is 8. The van der Waals surface area contributed by atoms with E-state index in [0.717, 1.165) is 29.9 Å². The van der Waals surface area contributed by atoms with Gasteiger partial charge in [0.25, 0.3) is 5.91 Å². The molecule has 3 aromatic heterocycles. The van der Waals surface area contributed by atoms with Gasteiger partial charge in [0.05, 0.1) is 35.7 Å². The number of fused-ring (bicyclic) bond motifs is 2. The number of anilines is 2. The number of benzene rings is 1. The second-order valence-corrected chi connectivity index (χ2v) is 8.62. The van der Waals surface area contributed by atoms with Gasteiger partial charge < -0.3 is 30.2 Å². The van der Waals surface area contributed by atoms with Crippen molar-refractivity contribution in [2.45, 2.75) is 38.8 Å². The number of ether oxygens (including phenoxy) is 2. The molecule has 34 heavy (non-hydrogen) atoms. The fourth-order valence-electron chi connectivity index (χ4n) is 3.72. The van der Waals surface area contributed by atoms with Crippen LogP contribution in [-0.2, 0) is 0 Å². The minimum atomic E-state index is -0.307. The van der Waals surface area contributed by atoms with Crippen LogP contribution < -0.4 is 25.8 Å². The molecule has 176 valence electrons. The van der Waals surface area contributed by atoms with Crippen molar-refractivity contribution < 1.29 is 14.3 Å². The van der Waals surface area contributed by atoms with Gasteiger partial charge in [-0.05, 0) is 38.8 Å². The summed E-state index contributed by atoms with van der Waals surface area (Å²) in [4.78, 5) is 26.6. The average Bonchev–Trinajstić information content (AvgIpc) is 3.55. The number of carbonyl (C=O) groups is 1. The van der Waals surface area contributed by atoms with Crippen LogP contribution in [0, 0.1) is 6.92 Å². The van der Waals surface area contributed by atoms with Crippen molar-refractivity contribution >= 4 is 33.8 Å². The molecule has 0 aliphatic heterocycles. The van der Waals surface area contributed by atoms with Crippen molar-refractivity contribution in [1.29, 1.82) is 0 Å². The van der Waals surface area contributed by atoms with Crippen LogP contribution in [0.1, 0.15) is 35.8 Å². The fraction of sp³-hybridized carbons (Fsp3) is 0.333. The molecule has 1 saturated carbocycles. The Labute approximate surface area is 196 Å². The first-order valence-electron chi connectivity index (χ1n) is 11.2. The summed E-state index contributed by atoms with van der Waals surface area (Å²) in [5, 5.41) is 6.98. The Hall–Kier alpha value is -3.92. The predicted octanol–water partition coefficient (Wildman–Crippen LogP) is 3.15. The van der Waals surface area contributed by atoms with Gasteiger partial charge in [-0.25, -0.2) is 9.97 Å². The Kier molecular flexibility index (Phi) is 5.66. The molecule has 0 radical (unpaired) electrons. The van der Waals surface area contributed by atoms with Crippen LogP contribution in [0.3, 0.4) is 0 Å². The number of nitrogens with one attached hydrogen (secondary N) is 2. The topological polar surface area (TPSA) is 129 Å². The number of aryl methyl sites for hydroxylation is 1. The molecule has 10 heteroatoms. The van der Waals surface area contributed by atoms with Crippen LogP contribution >= 0.6 is 0 Å². The normalized spacial score (nSPS) is 14.2. The van der Waals surface area contributed by atoms with Crippen LogP contribution in [0.5, 0.6) is 11.8 Å². The second-order valence-electron chi connectivity index (χ2n) is 8.62. The van der Waals surface area contributed by atoms with Crippen molar-refractivity contribution in [2.24, 2.45) is 5.73 Å². The van der Waals surface area contributed by atoms with Gasteiger partial charge in [-0.15, -0.1) is 0 Å². The number of nitrogens with two attached hydrogens (primary N) is 1. The highest BCUT2D eigenvalue weighted by atomic mass is 16.5. The lowest BCUT2D eigenvalue weighted by molar-refractivity contribution is 0.102. The number of aromatic nitrogens is 4. The SMILES string of the molecule is COc1ncc2c(NC[C@@H](C)N)ccc(C(=O)Nc3cc(OC4CC4)c4nc(C)cn4c3)c2n1. The van der Waals surface area contributed by atoms with E-state index in [1.165, 1.54) is 7.11 Å². The molecular weight excluding hydrogens is 434 g/mol. The molecule has 1 amide bonds. The Balaban J connectivity index is 1.51. The maximum absolute atomic E-state index is 13.4. The maximum atomic E-state index is 13.4. The van der Waals surface area contributed by atoms with Gasteiger partial charge in [0, 0.05) is 48.3 Å². The third kappa shape index (κ3) is 4.44. The molecule has 10 nitrogen and oxygen atoms in total. The predicted molar refractivity (Wildman–Crippen MR) is 130 cm³/mol. The molecule has 1 aliphatic carbocycles. The average molecular weight is 462 g/mol. The van der Waals surface area contributed by atoms with Gasteiger partial charge in [-0.3, -0.25) is 4.79 Å². The highest BCUT2D eigenvalue weighted by Crippen LogP contribution is 2.32. The molecule has 1 fully saturated rings. The van der Waals surface area contributed by atoms with Gasteiger partial charge in [0.2, 0.25) is 0 Å². The highest BCUT2D eigenvalue weighted by molar-refractivity contribution is 6.13. The Bertz CT molecular complexity index is 1380. The van der Waals surface area contributed by atoms with Crippen molar-refractivity contribution in [3.63, 3.8) is 0 Å². The van der Waals surface area contributed by atoms with Gasteiger partial charge in [-0.1, -0.05) is 0 Å². The summed E-state index contributed by atoms with van der Waals surface area (Å²) in [6, 6.07) is 5.52. The van der Waals surface area contributed by atoms with E-state index in [4.69, 9.17) is 15.2 Å². The van der Waals surface area contributed by atoms with Crippen LogP contribution in [0.25, 0.3) is 16.6 Å². The molecule has 3 heterocycles. The molecule has 5 rings (SSSR count). The van der Waals surface area contributed by atoms with E-state index in [1.807, 2.05) is 42.8 Å². The van der Waals surface area contributed by atoms with Crippen molar-refractivity contribution in [1.82, 2.24) is 19.4 Å². The lowest BCUT2D eigenvalue weighted by atomic mass is 10.1. The van der Waals surface area contributed by atoms with E-state index in [-0.39, 0.29) is 24.1 Å². The molecule has 0 unspecified atom stereocenters. The standard InChI is InChI=1S/C24H27N7O3/c1-13(25)9-26-19-7-6-17(21-18(19)10-27-24(30-21)33-3)23(32)29-15-8-20(34-16-4-5-16)22-28-14(2)11-31(22)12-15/h6-8,10-13,16,26H,4-5,9,25H2,1-3H3,(H,29,32)/t13-/m1/s1. The monoisotopic (exact) mass is 461 g/mol. The van der Waals surface area contributed by atoms with Gasteiger partial charge >= 0.3 is 6.01 Å². The zero-order valence-corrected chi connectivity index (χ0v) is 19.3. The molecular formula is C24H27N7O3. The van der Waals surface area contributed by atoms with Crippen molar-refractivity contribution in [3.05, 3.63) is 48.0 Å². The zero-order chi connectivity index (χ0) is 23.8.